The molecule has 1 atom stereocenters. The number of carbonyl (C=O) groups is 1. The fourth-order valence-electron chi connectivity index (χ4n) is 2.88. The summed E-state index contributed by atoms with van der Waals surface area (Å²) in [4.78, 5) is 12.8. The third kappa shape index (κ3) is 6.08. The highest BCUT2D eigenvalue weighted by Crippen LogP contribution is 2.21. The predicted octanol–water partition coefficient (Wildman–Crippen LogP) is 4.30. The first-order valence-electron chi connectivity index (χ1n) is 9.93. The van der Waals surface area contributed by atoms with Crippen molar-refractivity contribution in [3.8, 4) is 5.75 Å². The van der Waals surface area contributed by atoms with E-state index < -0.39 is 10.0 Å². The van der Waals surface area contributed by atoms with Crippen LogP contribution in [0.5, 0.6) is 5.75 Å². The zero-order valence-corrected chi connectivity index (χ0v) is 18.6. The maximum Gasteiger partial charge on any atom is 0.261 e. The molecule has 6 nitrogen and oxygen atoms in total. The Balaban J connectivity index is 1.66. The van der Waals surface area contributed by atoms with Crippen molar-refractivity contribution in [2.45, 2.75) is 31.7 Å². The van der Waals surface area contributed by atoms with Gasteiger partial charge < -0.3 is 10.1 Å². The van der Waals surface area contributed by atoms with Gasteiger partial charge in [0, 0.05) is 5.56 Å². The number of amides is 1. The Morgan fingerprint density at radius 3 is 2.32 bits per heavy atom. The summed E-state index contributed by atoms with van der Waals surface area (Å²) in [6, 6.07) is 20.5. The Morgan fingerprint density at radius 2 is 1.65 bits per heavy atom. The number of nitrogens with one attached hydrogen (secondary N) is 2. The fourth-order valence-corrected chi connectivity index (χ4v) is 4.02. The molecule has 7 heteroatoms. The molecule has 1 amide bonds. The van der Waals surface area contributed by atoms with Gasteiger partial charge in [-0.25, -0.2) is 8.42 Å². The maximum absolute atomic E-state index is 12.7. The molecule has 31 heavy (non-hydrogen) atoms. The second-order valence-corrected chi connectivity index (χ2v) is 9.13. The van der Waals surface area contributed by atoms with E-state index in [1.807, 2.05) is 38.1 Å². The van der Waals surface area contributed by atoms with E-state index in [9.17, 15) is 13.2 Å². The largest absolute Gasteiger partial charge is 0.491 e. The minimum atomic E-state index is -3.75. The first-order chi connectivity index (χ1) is 14.7. The van der Waals surface area contributed by atoms with Crippen molar-refractivity contribution in [3.05, 3.63) is 89.5 Å². The first-order valence-corrected chi connectivity index (χ1v) is 11.4. The minimum absolute atomic E-state index is 0.158. The Hall–Kier alpha value is -3.32. The van der Waals surface area contributed by atoms with Crippen molar-refractivity contribution >= 4 is 21.6 Å². The Kier molecular flexibility index (Phi) is 6.97. The highest BCUT2D eigenvalue weighted by molar-refractivity contribution is 7.92. The first kappa shape index (κ1) is 22.4. The van der Waals surface area contributed by atoms with E-state index in [2.05, 4.69) is 10.0 Å². The minimum Gasteiger partial charge on any atom is -0.491 e. The molecule has 3 rings (SSSR count). The van der Waals surface area contributed by atoms with Crippen LogP contribution in [0.1, 0.15) is 28.4 Å². The van der Waals surface area contributed by atoms with E-state index in [0.29, 0.717) is 23.4 Å². The van der Waals surface area contributed by atoms with Gasteiger partial charge in [-0.05, 0) is 62.7 Å². The quantitative estimate of drug-likeness (QED) is 0.549. The number of carbonyl (C=O) groups excluding carboxylic acids is 1. The molecule has 0 aliphatic rings. The molecule has 0 aliphatic heterocycles. The van der Waals surface area contributed by atoms with Gasteiger partial charge >= 0.3 is 0 Å². The summed E-state index contributed by atoms with van der Waals surface area (Å²) in [5.41, 5.74) is 2.58. The summed E-state index contributed by atoms with van der Waals surface area (Å²) < 4.78 is 33.5. The van der Waals surface area contributed by atoms with Crippen LogP contribution >= 0.6 is 0 Å². The van der Waals surface area contributed by atoms with Crippen molar-refractivity contribution in [2.24, 2.45) is 0 Å². The van der Waals surface area contributed by atoms with Crippen LogP contribution in [0.25, 0.3) is 0 Å². The lowest BCUT2D eigenvalue weighted by molar-refractivity contribution is 0.0926. The molecule has 0 aromatic heterocycles. The van der Waals surface area contributed by atoms with E-state index in [1.54, 1.807) is 43.3 Å². The molecule has 0 heterocycles. The summed E-state index contributed by atoms with van der Waals surface area (Å²) in [6.45, 7) is 5.94. The average molecular weight is 439 g/mol. The molecule has 0 spiro atoms. The lowest BCUT2D eigenvalue weighted by atomic mass is 10.1. The zero-order chi connectivity index (χ0) is 22.4. The molecule has 0 aliphatic carbocycles. The zero-order valence-electron chi connectivity index (χ0n) is 17.8. The van der Waals surface area contributed by atoms with Gasteiger partial charge in [-0.3, -0.25) is 9.52 Å². The summed E-state index contributed by atoms with van der Waals surface area (Å²) >= 11 is 0. The second-order valence-electron chi connectivity index (χ2n) is 7.45. The van der Waals surface area contributed by atoms with Crippen LogP contribution in [-0.2, 0) is 10.0 Å². The lowest BCUT2D eigenvalue weighted by Crippen LogP contribution is -2.36. The summed E-state index contributed by atoms with van der Waals surface area (Å²) in [7, 11) is -3.75. The SMILES string of the molecule is Cc1ccc(OC[C@H](C)NC(=O)c2ccc(C)c(NS(=O)(=O)c3ccccc3)c2)cc1. The normalized spacial score (nSPS) is 12.1. The molecule has 162 valence electrons. The lowest BCUT2D eigenvalue weighted by Gasteiger charge is -2.16. The summed E-state index contributed by atoms with van der Waals surface area (Å²) in [5.74, 6) is 0.430. The van der Waals surface area contributed by atoms with Gasteiger partial charge in [-0.15, -0.1) is 0 Å². The van der Waals surface area contributed by atoms with E-state index in [4.69, 9.17) is 4.74 Å². The van der Waals surface area contributed by atoms with Crippen molar-refractivity contribution in [2.75, 3.05) is 11.3 Å². The number of aryl methyl sites for hydroxylation is 2. The van der Waals surface area contributed by atoms with Crippen LogP contribution < -0.4 is 14.8 Å². The topological polar surface area (TPSA) is 84.5 Å². The molecule has 0 fully saturated rings. The van der Waals surface area contributed by atoms with Crippen molar-refractivity contribution < 1.29 is 17.9 Å². The van der Waals surface area contributed by atoms with E-state index in [-0.39, 0.29) is 16.8 Å². The van der Waals surface area contributed by atoms with Gasteiger partial charge in [0.25, 0.3) is 15.9 Å². The highest BCUT2D eigenvalue weighted by atomic mass is 32.2. The van der Waals surface area contributed by atoms with Crippen LogP contribution in [0.2, 0.25) is 0 Å². The molecule has 2 N–H and O–H groups in total. The number of rotatable bonds is 8. The number of hydrogen-bond donors (Lipinski definition) is 2. The van der Waals surface area contributed by atoms with Gasteiger partial charge in [0.2, 0.25) is 0 Å². The van der Waals surface area contributed by atoms with Crippen LogP contribution in [0.3, 0.4) is 0 Å². The van der Waals surface area contributed by atoms with Crippen LogP contribution in [0.15, 0.2) is 77.7 Å². The van der Waals surface area contributed by atoms with Crippen LogP contribution in [-0.4, -0.2) is 27.0 Å². The molecule has 3 aromatic carbocycles. The second kappa shape index (κ2) is 9.66. The van der Waals surface area contributed by atoms with Crippen molar-refractivity contribution in [1.82, 2.24) is 5.32 Å². The van der Waals surface area contributed by atoms with Gasteiger partial charge in [0.15, 0.2) is 0 Å². The molecular formula is C24H26N2O4S. The molecule has 0 radical (unpaired) electrons. The average Bonchev–Trinajstić information content (AvgIpc) is 2.75. The summed E-state index contributed by atoms with van der Waals surface area (Å²) in [5, 5.41) is 2.88. The van der Waals surface area contributed by atoms with Crippen molar-refractivity contribution in [1.29, 1.82) is 0 Å². The number of anilines is 1. The molecular weight excluding hydrogens is 412 g/mol. The van der Waals surface area contributed by atoms with E-state index >= 15 is 0 Å². The third-order valence-corrected chi connectivity index (χ3v) is 6.08. The predicted molar refractivity (Wildman–Crippen MR) is 122 cm³/mol. The van der Waals surface area contributed by atoms with Gasteiger partial charge in [-0.1, -0.05) is 42.0 Å². The monoisotopic (exact) mass is 438 g/mol. The smallest absolute Gasteiger partial charge is 0.261 e. The van der Waals surface area contributed by atoms with Gasteiger partial charge in [0.05, 0.1) is 16.6 Å². The van der Waals surface area contributed by atoms with Crippen LogP contribution in [0.4, 0.5) is 5.69 Å². The van der Waals surface area contributed by atoms with E-state index in [1.165, 1.54) is 12.1 Å². The maximum atomic E-state index is 12.7. The standard InChI is InChI=1S/C24H26N2O4S/c1-17-9-13-21(14-10-17)30-16-19(3)25-24(27)20-12-11-18(2)23(15-20)26-31(28,29)22-7-5-4-6-8-22/h4-15,19,26H,16H2,1-3H3,(H,25,27)/t19-/m0/s1. The van der Waals surface area contributed by atoms with E-state index in [0.717, 1.165) is 11.3 Å². The molecule has 0 unspecified atom stereocenters. The summed E-state index contributed by atoms with van der Waals surface area (Å²) in [6.07, 6.45) is 0. The Morgan fingerprint density at radius 1 is 0.968 bits per heavy atom. The molecule has 0 saturated carbocycles. The fraction of sp³-hybridized carbons (Fsp3) is 0.208. The number of hydrogen-bond acceptors (Lipinski definition) is 4. The number of ether oxygens (including phenoxy) is 1. The number of sulfonamides is 1. The van der Waals surface area contributed by atoms with Gasteiger partial charge in [0.1, 0.15) is 12.4 Å². The van der Waals surface area contributed by atoms with Crippen molar-refractivity contribution in [3.63, 3.8) is 0 Å². The Labute approximate surface area is 183 Å². The van der Waals surface area contributed by atoms with Gasteiger partial charge in [-0.2, -0.15) is 0 Å². The highest BCUT2D eigenvalue weighted by Gasteiger charge is 2.17. The molecule has 0 bridgehead atoms. The number of benzene rings is 3. The molecule has 3 aromatic rings. The molecule has 0 saturated heterocycles. The van der Waals surface area contributed by atoms with Crippen LogP contribution in [0, 0.1) is 13.8 Å². The Bertz CT molecular complexity index is 1140. The third-order valence-electron chi connectivity index (χ3n) is 4.70.